The molecule has 2 amide bonds. The standard InChI is InChI=1S/C47H54N2O5/c1-5-23-51-43-33-15-12-16-34(43)28-36-18-14-20-38(45(36)53-25-7-3)30-40-32-42(49-47(50)48-41-21-10-9-11-22-41)31-39(46(40)54-26-8-4)29-37-19-13-17-35(27-33)44(37)52-24-6-2/h9-22,31-32H,5-8,23-30H2,1-4H3,(H2,48,49,50). The van der Waals surface area contributed by atoms with E-state index in [4.69, 9.17) is 18.9 Å². The molecule has 0 aliphatic heterocycles. The maximum absolute atomic E-state index is 13.4. The van der Waals surface area contributed by atoms with Gasteiger partial charge in [0.25, 0.3) is 0 Å². The fourth-order valence-corrected chi connectivity index (χ4v) is 7.03. The Labute approximate surface area is 321 Å². The summed E-state index contributed by atoms with van der Waals surface area (Å²) in [5.74, 6) is 3.55. The first kappa shape index (κ1) is 38.3. The second kappa shape index (κ2) is 19.1. The highest BCUT2D eigenvalue weighted by atomic mass is 16.5. The van der Waals surface area contributed by atoms with Crippen LogP contribution in [0.5, 0.6) is 23.0 Å². The molecular weight excluding hydrogens is 673 g/mol. The van der Waals surface area contributed by atoms with Gasteiger partial charge >= 0.3 is 6.03 Å². The number of para-hydroxylation sites is 4. The van der Waals surface area contributed by atoms with E-state index in [0.717, 1.165) is 98.9 Å². The van der Waals surface area contributed by atoms with Crippen molar-refractivity contribution in [3.8, 4) is 23.0 Å². The van der Waals surface area contributed by atoms with Gasteiger partial charge in [0.05, 0.1) is 26.4 Å². The second-order valence-electron chi connectivity index (χ2n) is 13.9. The number of anilines is 2. The number of nitrogens with one attached hydrogen (secondary N) is 2. The minimum Gasteiger partial charge on any atom is -0.493 e. The third kappa shape index (κ3) is 9.56. The van der Waals surface area contributed by atoms with Crippen molar-refractivity contribution in [2.75, 3.05) is 37.1 Å². The summed E-state index contributed by atoms with van der Waals surface area (Å²) in [6.45, 7) is 10.9. The number of ether oxygens (including phenoxy) is 4. The van der Waals surface area contributed by atoms with Crippen molar-refractivity contribution in [3.05, 3.63) is 142 Å². The van der Waals surface area contributed by atoms with E-state index < -0.39 is 0 Å². The molecule has 1 aliphatic carbocycles. The predicted octanol–water partition coefficient (Wildman–Crippen LogP) is 11.2. The number of hydrogen-bond acceptors (Lipinski definition) is 5. The smallest absolute Gasteiger partial charge is 0.323 e. The Hall–Kier alpha value is -5.43. The van der Waals surface area contributed by atoms with E-state index in [1.165, 1.54) is 0 Å². The highest BCUT2D eigenvalue weighted by Crippen LogP contribution is 2.40. The van der Waals surface area contributed by atoms with Crippen LogP contribution >= 0.6 is 0 Å². The number of benzene rings is 5. The average Bonchev–Trinajstić information content (AvgIpc) is 3.17. The van der Waals surface area contributed by atoms with Crippen LogP contribution in [0.3, 0.4) is 0 Å². The molecule has 5 aromatic carbocycles. The largest absolute Gasteiger partial charge is 0.493 e. The molecule has 1 aliphatic rings. The summed E-state index contributed by atoms with van der Waals surface area (Å²) in [5.41, 5.74) is 9.95. The Morgan fingerprint density at radius 2 is 0.741 bits per heavy atom. The van der Waals surface area contributed by atoms with Gasteiger partial charge in [-0.1, -0.05) is 100 Å². The van der Waals surface area contributed by atoms with Crippen LogP contribution in [0.15, 0.2) is 97.1 Å². The Kier molecular flexibility index (Phi) is 13.5. The van der Waals surface area contributed by atoms with E-state index in [-0.39, 0.29) is 6.03 Å². The first-order chi connectivity index (χ1) is 26.5. The lowest BCUT2D eigenvalue weighted by Gasteiger charge is -2.23. The molecule has 8 bridgehead atoms. The number of urea groups is 1. The Balaban J connectivity index is 1.56. The predicted molar refractivity (Wildman–Crippen MR) is 219 cm³/mol. The van der Waals surface area contributed by atoms with Gasteiger partial charge < -0.3 is 29.6 Å². The van der Waals surface area contributed by atoms with Crippen LogP contribution in [0, 0.1) is 0 Å². The fraction of sp³-hybridized carbons (Fsp3) is 0.340. The molecule has 54 heavy (non-hydrogen) atoms. The van der Waals surface area contributed by atoms with Gasteiger partial charge in [-0.2, -0.15) is 0 Å². The first-order valence-electron chi connectivity index (χ1n) is 19.6. The Bertz CT molecular complexity index is 1910. The number of carbonyl (C=O) groups excluding carboxylic acids is 1. The molecule has 0 radical (unpaired) electrons. The van der Waals surface area contributed by atoms with Gasteiger partial charge in [-0.25, -0.2) is 4.79 Å². The van der Waals surface area contributed by atoms with Gasteiger partial charge in [-0.3, -0.25) is 0 Å². The number of carbonyl (C=O) groups is 1. The molecule has 282 valence electrons. The molecule has 0 saturated carbocycles. The quantitative estimate of drug-likeness (QED) is 0.117. The number of rotatable bonds is 14. The van der Waals surface area contributed by atoms with Crippen molar-refractivity contribution in [2.45, 2.75) is 79.1 Å². The van der Waals surface area contributed by atoms with Crippen LogP contribution in [0.2, 0.25) is 0 Å². The second-order valence-corrected chi connectivity index (χ2v) is 13.9. The van der Waals surface area contributed by atoms with Gasteiger partial charge in [0.1, 0.15) is 23.0 Å². The normalized spacial score (nSPS) is 12.1. The summed E-state index contributed by atoms with van der Waals surface area (Å²) in [6, 6.07) is 32.6. The molecule has 0 heterocycles. The zero-order valence-electron chi connectivity index (χ0n) is 32.3. The lowest BCUT2D eigenvalue weighted by molar-refractivity contribution is 0.262. The van der Waals surface area contributed by atoms with Crippen LogP contribution in [-0.2, 0) is 25.7 Å². The van der Waals surface area contributed by atoms with E-state index in [1.54, 1.807) is 0 Å². The highest BCUT2D eigenvalue weighted by molar-refractivity contribution is 6.00. The van der Waals surface area contributed by atoms with Crippen LogP contribution < -0.4 is 29.6 Å². The van der Waals surface area contributed by atoms with Crippen LogP contribution in [0.4, 0.5) is 16.2 Å². The molecule has 0 unspecified atom stereocenters. The van der Waals surface area contributed by atoms with Gasteiger partial charge in [0, 0.05) is 48.2 Å². The summed E-state index contributed by atoms with van der Waals surface area (Å²) in [4.78, 5) is 13.4. The van der Waals surface area contributed by atoms with Crippen molar-refractivity contribution in [2.24, 2.45) is 0 Å². The zero-order valence-corrected chi connectivity index (χ0v) is 32.3. The van der Waals surface area contributed by atoms with Crippen molar-refractivity contribution in [1.29, 1.82) is 0 Å². The lowest BCUT2D eigenvalue weighted by Crippen LogP contribution is -2.20. The summed E-state index contributed by atoms with van der Waals surface area (Å²) in [7, 11) is 0. The molecule has 0 aromatic heterocycles. The van der Waals surface area contributed by atoms with E-state index in [1.807, 2.05) is 42.5 Å². The topological polar surface area (TPSA) is 78.1 Å². The van der Waals surface area contributed by atoms with Gasteiger partial charge in [-0.05, 0) is 83.3 Å². The zero-order chi connectivity index (χ0) is 37.7. The first-order valence-corrected chi connectivity index (χ1v) is 19.6. The maximum atomic E-state index is 13.4. The minimum atomic E-state index is -0.312. The highest BCUT2D eigenvalue weighted by Gasteiger charge is 2.23. The number of fused-ring (bicyclic) bond motifs is 8. The number of amides is 2. The third-order valence-corrected chi connectivity index (χ3v) is 9.39. The molecular formula is C47H54N2O5. The molecule has 0 fully saturated rings. The van der Waals surface area contributed by atoms with E-state index >= 15 is 0 Å². The van der Waals surface area contributed by atoms with E-state index in [9.17, 15) is 4.79 Å². The number of hydrogen-bond donors (Lipinski definition) is 2. The summed E-state index contributed by atoms with van der Waals surface area (Å²) in [6.07, 6.45) is 5.97. The molecule has 7 nitrogen and oxygen atoms in total. The minimum absolute atomic E-state index is 0.312. The fourth-order valence-electron chi connectivity index (χ4n) is 7.03. The molecule has 0 atom stereocenters. The van der Waals surface area contributed by atoms with Gasteiger partial charge in [0.2, 0.25) is 0 Å². The van der Waals surface area contributed by atoms with Crippen molar-refractivity contribution in [3.63, 3.8) is 0 Å². The summed E-state index contributed by atoms with van der Waals surface area (Å²) in [5, 5.41) is 6.11. The van der Waals surface area contributed by atoms with Gasteiger partial charge in [-0.15, -0.1) is 0 Å². The van der Waals surface area contributed by atoms with Gasteiger partial charge in [0.15, 0.2) is 0 Å². The van der Waals surface area contributed by atoms with Crippen LogP contribution in [-0.4, -0.2) is 32.5 Å². The molecule has 2 N–H and O–H groups in total. The maximum Gasteiger partial charge on any atom is 0.323 e. The Morgan fingerprint density at radius 3 is 1.09 bits per heavy atom. The third-order valence-electron chi connectivity index (χ3n) is 9.39. The summed E-state index contributed by atoms with van der Waals surface area (Å²) >= 11 is 0. The molecule has 0 spiro atoms. The van der Waals surface area contributed by atoms with Crippen molar-refractivity contribution >= 4 is 17.4 Å². The van der Waals surface area contributed by atoms with E-state index in [2.05, 4.69) is 92.9 Å². The molecule has 7 heteroatoms. The summed E-state index contributed by atoms with van der Waals surface area (Å²) < 4.78 is 26.5. The molecule has 6 rings (SSSR count). The molecule has 0 saturated heterocycles. The van der Waals surface area contributed by atoms with Crippen LogP contribution in [0.25, 0.3) is 0 Å². The Morgan fingerprint density at radius 1 is 0.426 bits per heavy atom. The van der Waals surface area contributed by atoms with Crippen molar-refractivity contribution in [1.82, 2.24) is 0 Å². The van der Waals surface area contributed by atoms with Crippen LogP contribution in [0.1, 0.15) is 97.9 Å². The monoisotopic (exact) mass is 726 g/mol. The molecule has 5 aromatic rings. The van der Waals surface area contributed by atoms with Crippen molar-refractivity contribution < 1.29 is 23.7 Å². The lowest BCUT2D eigenvalue weighted by atomic mass is 9.91. The average molecular weight is 727 g/mol. The SMILES string of the molecule is CCCOc1c2cccc1Cc1cccc(c1OCCC)Cc1cc(NC(=O)Nc3ccccc3)cc(c1OCCC)Cc1cccc(c1OCCC)C2. The van der Waals surface area contributed by atoms with E-state index in [0.29, 0.717) is 57.8 Å².